The molecule has 0 N–H and O–H groups in total. The molecule has 0 aromatic heterocycles. The third kappa shape index (κ3) is 13.7. The summed E-state index contributed by atoms with van der Waals surface area (Å²) in [4.78, 5) is 39.4. The third-order valence-electron chi connectivity index (χ3n) is 18.7. The summed E-state index contributed by atoms with van der Waals surface area (Å²) >= 11 is 3.50. The fourth-order valence-corrected chi connectivity index (χ4v) is 15.1. The highest BCUT2D eigenvalue weighted by molar-refractivity contribution is 9.11. The van der Waals surface area contributed by atoms with E-state index in [4.69, 9.17) is 51.5 Å². The number of methoxy groups -OCH3 is 1. The molecule has 0 amide bonds. The Hall–Kier alpha value is -1.98. The average molecular weight is 1160 g/mol. The minimum absolute atomic E-state index is 0.0189. The topological polar surface area (TPSA) is 153 Å². The number of carbonyl (C=O) groups excluding carboxylic acids is 3. The molecule has 0 saturated carbocycles. The summed E-state index contributed by atoms with van der Waals surface area (Å²) in [6.07, 6.45) is 2.60. The fraction of sp³-hybridized carbons (Fsp3) is 0.780. The number of carbonyl (C=O) groups is 3. The van der Waals surface area contributed by atoms with Crippen LogP contribution in [-0.4, -0.2) is 146 Å². The van der Waals surface area contributed by atoms with E-state index in [0.717, 1.165) is 22.8 Å². The van der Waals surface area contributed by atoms with Crippen molar-refractivity contribution in [1.29, 1.82) is 0 Å². The van der Waals surface area contributed by atoms with Crippen molar-refractivity contribution >= 4 is 50.6 Å². The van der Waals surface area contributed by atoms with Crippen LogP contribution in [0.15, 0.2) is 53.5 Å². The molecule has 8 fully saturated rings. The summed E-state index contributed by atoms with van der Waals surface area (Å²) in [6, 6.07) is 8.99. The Morgan fingerprint density at radius 3 is 2.20 bits per heavy atom. The lowest BCUT2D eigenvalue weighted by atomic mass is 9.81. The Morgan fingerprint density at radius 2 is 1.53 bits per heavy atom. The predicted octanol–water partition coefficient (Wildman–Crippen LogP) is 11.5. The number of rotatable bonds is 24. The van der Waals surface area contributed by atoms with Crippen molar-refractivity contribution in [3.05, 3.63) is 59.1 Å². The average Bonchev–Trinajstić information content (AvgIpc) is 3.92. The van der Waals surface area contributed by atoms with Crippen LogP contribution in [0.3, 0.4) is 0 Å². The predicted molar refractivity (Wildman–Crippen MR) is 298 cm³/mol. The van der Waals surface area contributed by atoms with Crippen LogP contribution in [-0.2, 0) is 61.1 Å². The quantitative estimate of drug-likeness (QED) is 0.0417. The summed E-state index contributed by atoms with van der Waals surface area (Å²) < 4.78 is 75.6. The molecule has 8 aliphatic heterocycles. The van der Waals surface area contributed by atoms with Crippen molar-refractivity contribution in [3.63, 3.8) is 0 Å². The van der Waals surface area contributed by atoms with Crippen molar-refractivity contribution in [1.82, 2.24) is 0 Å². The molecule has 0 spiro atoms. The second-order valence-corrected chi connectivity index (χ2v) is 37.0. The molecule has 426 valence electrons. The number of hydrogen-bond acceptors (Lipinski definition) is 14. The summed E-state index contributed by atoms with van der Waals surface area (Å²) in [6.45, 7) is 33.8. The van der Waals surface area contributed by atoms with Crippen LogP contribution in [0.4, 0.5) is 0 Å². The minimum Gasteiger partial charge on any atom is -0.458 e. The maximum absolute atomic E-state index is 14.8. The van der Waals surface area contributed by atoms with E-state index >= 15 is 0 Å². The van der Waals surface area contributed by atoms with E-state index in [-0.39, 0.29) is 108 Å². The molecule has 9 rings (SSSR count). The van der Waals surface area contributed by atoms with E-state index in [1.54, 1.807) is 19.2 Å². The van der Waals surface area contributed by atoms with E-state index < -0.39 is 52.8 Å². The molecule has 18 atom stereocenters. The minimum atomic E-state index is -2.27. The Balaban J connectivity index is 0.980. The van der Waals surface area contributed by atoms with Crippen molar-refractivity contribution in [2.75, 3.05) is 13.7 Å². The molecule has 1 aromatic carbocycles. The normalized spacial score (nSPS) is 36.1. The van der Waals surface area contributed by atoms with E-state index in [9.17, 15) is 14.4 Å². The zero-order valence-corrected chi connectivity index (χ0v) is 51.3. The Morgan fingerprint density at radius 1 is 0.842 bits per heavy atom. The smallest absolute Gasteiger partial charge is 0.338 e. The number of aldehydes is 1. The van der Waals surface area contributed by atoms with Crippen LogP contribution in [0.2, 0.25) is 36.3 Å². The van der Waals surface area contributed by atoms with Crippen LogP contribution in [0.1, 0.15) is 142 Å². The van der Waals surface area contributed by atoms with Gasteiger partial charge in [-0.2, -0.15) is 0 Å². The number of esters is 1. The first-order valence-electron chi connectivity index (χ1n) is 28.4. The van der Waals surface area contributed by atoms with Crippen molar-refractivity contribution in [2.24, 2.45) is 11.8 Å². The first-order valence-corrected chi connectivity index (χ1v) is 35.0. The highest BCUT2D eigenvalue weighted by atomic mass is 79.9. The van der Waals surface area contributed by atoms with E-state index in [1.165, 1.54) is 0 Å². The van der Waals surface area contributed by atoms with Crippen LogP contribution in [0.25, 0.3) is 0 Å². The number of halogens is 1. The van der Waals surface area contributed by atoms with Crippen LogP contribution >= 0.6 is 15.9 Å². The van der Waals surface area contributed by atoms with Gasteiger partial charge < -0.3 is 56.3 Å². The standard InChI is InChI=1S/C59H91BrO14Si2/c1-35-27-40(21-18-26-61)66-46(37(35)3)32-47-44(50(64-10)48(69-47)31-43(74-76(13,14)58(7,8)9)34-65-75(11,12)57(4,5)6)30-39(62)29-41-22-23-45-51(67-41)55-54-53(70-45)52-49(71-54)33-59(72-52,73-55)25-24-42(28-36(2)60)68-56(63)38-19-16-15-17-20-38/h15-17,19-20,26,35,40-55H,2-3,18,21-25,27-34H2,1,4-14H3/t35-,40+,41-,42+,43+,44+,45+,46-,47+,48-,49-,50-,51+,52+,53+,54-,55+,59-/m1/s1. The van der Waals surface area contributed by atoms with Gasteiger partial charge in [0.15, 0.2) is 22.4 Å². The van der Waals surface area contributed by atoms with Gasteiger partial charge in [0.25, 0.3) is 0 Å². The molecule has 6 bridgehead atoms. The highest BCUT2D eigenvalue weighted by Crippen LogP contribution is 2.54. The molecule has 14 nitrogen and oxygen atoms in total. The molecule has 8 saturated heterocycles. The molecule has 8 heterocycles. The van der Waals surface area contributed by atoms with Crippen LogP contribution in [0, 0.1) is 11.8 Å². The lowest BCUT2D eigenvalue weighted by Crippen LogP contribution is -2.61. The number of Topliss-reactive ketones (excluding diaryl/α,β-unsaturated/α-hetero) is 1. The summed E-state index contributed by atoms with van der Waals surface area (Å²) in [5.74, 6) is -1.40. The van der Waals surface area contributed by atoms with Crippen LogP contribution < -0.4 is 0 Å². The van der Waals surface area contributed by atoms with Gasteiger partial charge in [0.05, 0.1) is 67.1 Å². The van der Waals surface area contributed by atoms with Gasteiger partial charge in [-0.1, -0.05) is 95.8 Å². The van der Waals surface area contributed by atoms with Gasteiger partial charge in [0.1, 0.15) is 48.7 Å². The van der Waals surface area contributed by atoms with Gasteiger partial charge in [-0.3, -0.25) is 4.79 Å². The molecule has 1 aromatic rings. The van der Waals surface area contributed by atoms with Gasteiger partial charge >= 0.3 is 5.97 Å². The monoisotopic (exact) mass is 1160 g/mol. The van der Waals surface area contributed by atoms with Gasteiger partial charge in [0, 0.05) is 64.4 Å². The summed E-state index contributed by atoms with van der Waals surface area (Å²) in [5.41, 5.74) is 1.49. The van der Waals surface area contributed by atoms with Crippen molar-refractivity contribution < 1.29 is 65.9 Å². The van der Waals surface area contributed by atoms with Crippen molar-refractivity contribution in [2.45, 2.75) is 266 Å². The summed E-state index contributed by atoms with van der Waals surface area (Å²) in [7, 11) is -2.69. The third-order valence-corrected chi connectivity index (χ3v) is 28.0. The Labute approximate surface area is 464 Å². The second-order valence-electron chi connectivity index (χ2n) is 26.3. The van der Waals surface area contributed by atoms with Crippen LogP contribution in [0.5, 0.6) is 0 Å². The van der Waals surface area contributed by atoms with Gasteiger partial charge in [-0.25, -0.2) is 4.79 Å². The maximum atomic E-state index is 14.8. The largest absolute Gasteiger partial charge is 0.458 e. The van der Waals surface area contributed by atoms with Crippen molar-refractivity contribution in [3.8, 4) is 0 Å². The lowest BCUT2D eigenvalue weighted by Gasteiger charge is -2.47. The maximum Gasteiger partial charge on any atom is 0.338 e. The summed E-state index contributed by atoms with van der Waals surface area (Å²) in [5, 5.41) is -0.0115. The molecule has 17 heteroatoms. The Bertz CT molecular complexity index is 2200. The first kappa shape index (κ1) is 60.1. The molecule has 0 radical (unpaired) electrons. The highest BCUT2D eigenvalue weighted by Gasteiger charge is 2.69. The molecule has 8 aliphatic rings. The number of benzene rings is 1. The zero-order valence-electron chi connectivity index (χ0n) is 47.7. The van der Waals surface area contributed by atoms with Gasteiger partial charge in [-0.15, -0.1) is 0 Å². The van der Waals surface area contributed by atoms with E-state index in [0.29, 0.717) is 76.4 Å². The molecule has 0 aliphatic carbocycles. The second kappa shape index (κ2) is 24.2. The molecule has 0 unspecified atom stereocenters. The van der Waals surface area contributed by atoms with E-state index in [2.05, 4.69) is 104 Å². The number of fused-ring (bicyclic) bond motifs is 1. The van der Waals surface area contributed by atoms with E-state index in [1.807, 2.05) is 18.2 Å². The zero-order chi connectivity index (χ0) is 55.1. The Kier molecular flexibility index (Phi) is 19.2. The number of ketones is 1. The number of ether oxygens (including phenoxy) is 9. The van der Waals surface area contributed by atoms with Gasteiger partial charge in [0.2, 0.25) is 0 Å². The van der Waals surface area contributed by atoms with Gasteiger partial charge in [-0.05, 0) is 96.5 Å². The SMILES string of the molecule is C=C(Br)C[C@H](CC[C@]12C[C@H]3O[C@H]4[C@@H](O1)[C@H]1O[C@@H](CC(=O)C[C@@H]5[C@@H](OC)[C@@H](C[C@@H](CO[Si](C)(C)C(C)(C)C)O[Si](C)(C)C(C)(C)C)O[C@H]5C[C@H]5O[C@@H](CCC=O)C[C@@H](C)C5=C)CC[C@@H]1O[C@H]4[C@H]3O2)OC(=O)c1ccccc1. The molecular weight excluding hydrogens is 1070 g/mol. The number of hydrogen-bond donors (Lipinski definition) is 0. The lowest BCUT2D eigenvalue weighted by molar-refractivity contribution is -0.292. The molecule has 76 heavy (non-hydrogen) atoms. The molecular formula is C59H91BrO14Si2. The first-order chi connectivity index (χ1) is 35.7. The fourth-order valence-electron chi connectivity index (χ4n) is 12.4.